The minimum Gasteiger partial charge on any atom is -0.492 e. The van der Waals surface area contributed by atoms with E-state index < -0.39 is 0 Å². The van der Waals surface area contributed by atoms with E-state index in [1.165, 1.54) is 12.1 Å². The van der Waals surface area contributed by atoms with Gasteiger partial charge in [0.2, 0.25) is 0 Å². The van der Waals surface area contributed by atoms with Crippen molar-refractivity contribution in [3.8, 4) is 5.75 Å². The maximum absolute atomic E-state index is 13.1. The smallest absolute Gasteiger partial charge is 0.145 e. The summed E-state index contributed by atoms with van der Waals surface area (Å²) in [6, 6.07) is 5.13. The first-order chi connectivity index (χ1) is 8.19. The third kappa shape index (κ3) is 3.28. The van der Waals surface area contributed by atoms with Crippen LogP contribution in [0, 0.1) is 5.82 Å². The summed E-state index contributed by atoms with van der Waals surface area (Å²) < 4.78 is 18.6. The van der Waals surface area contributed by atoms with Gasteiger partial charge in [-0.05, 0) is 25.5 Å². The van der Waals surface area contributed by atoms with Gasteiger partial charge in [0.15, 0.2) is 0 Å². The highest BCUT2D eigenvalue weighted by Crippen LogP contribution is 2.32. The predicted octanol–water partition coefficient (Wildman–Crippen LogP) is 3.53. The van der Waals surface area contributed by atoms with E-state index in [1.807, 2.05) is 18.7 Å². The first-order valence-electron chi connectivity index (χ1n) is 5.99. The molecule has 1 aliphatic heterocycles. The average Bonchev–Trinajstić information content (AvgIpc) is 2.69. The Labute approximate surface area is 106 Å². The number of anilines is 1. The highest BCUT2D eigenvalue weighted by atomic mass is 32.2. The molecular formula is C13H18FNOS. The van der Waals surface area contributed by atoms with Gasteiger partial charge in [-0.3, -0.25) is 0 Å². The highest BCUT2D eigenvalue weighted by molar-refractivity contribution is 8.00. The van der Waals surface area contributed by atoms with Gasteiger partial charge in [-0.15, -0.1) is 0 Å². The number of halogens is 1. The van der Waals surface area contributed by atoms with E-state index in [9.17, 15) is 4.39 Å². The molecule has 1 aromatic carbocycles. The minimum absolute atomic E-state index is 0.256. The van der Waals surface area contributed by atoms with E-state index in [-0.39, 0.29) is 5.82 Å². The number of hydrogen-bond donors (Lipinski definition) is 1. The van der Waals surface area contributed by atoms with Crippen molar-refractivity contribution in [2.45, 2.75) is 31.6 Å². The Morgan fingerprint density at radius 1 is 1.53 bits per heavy atom. The molecule has 0 aromatic heterocycles. The van der Waals surface area contributed by atoms with E-state index >= 15 is 0 Å². The quantitative estimate of drug-likeness (QED) is 0.889. The third-order valence-corrected chi connectivity index (χ3v) is 4.16. The third-order valence-electron chi connectivity index (χ3n) is 2.80. The second-order valence-corrected chi connectivity index (χ2v) is 5.77. The Bertz CT molecular complexity index is 386. The van der Waals surface area contributed by atoms with Gasteiger partial charge in [0, 0.05) is 23.1 Å². The largest absolute Gasteiger partial charge is 0.492 e. The normalized spacial score (nSPS) is 23.7. The molecule has 1 saturated heterocycles. The van der Waals surface area contributed by atoms with Crippen LogP contribution in [-0.4, -0.2) is 23.7 Å². The number of benzene rings is 1. The maximum Gasteiger partial charge on any atom is 0.145 e. The van der Waals surface area contributed by atoms with Crippen LogP contribution in [0.4, 0.5) is 10.1 Å². The Kier molecular flexibility index (Phi) is 4.15. The molecular weight excluding hydrogens is 237 g/mol. The Hall–Kier alpha value is -0.900. The summed E-state index contributed by atoms with van der Waals surface area (Å²) in [6.45, 7) is 4.69. The Morgan fingerprint density at radius 3 is 3.00 bits per heavy atom. The highest BCUT2D eigenvalue weighted by Gasteiger charge is 2.22. The summed E-state index contributed by atoms with van der Waals surface area (Å²) in [5.74, 6) is 1.45. The van der Waals surface area contributed by atoms with Gasteiger partial charge in [0.05, 0.1) is 12.3 Å². The van der Waals surface area contributed by atoms with Crippen molar-refractivity contribution in [1.82, 2.24) is 0 Å². The molecule has 0 radical (unpaired) electrons. The molecule has 1 aromatic rings. The van der Waals surface area contributed by atoms with Crippen molar-refractivity contribution >= 4 is 17.4 Å². The van der Waals surface area contributed by atoms with Crippen molar-refractivity contribution in [3.63, 3.8) is 0 Å². The summed E-state index contributed by atoms with van der Waals surface area (Å²) in [6.07, 6.45) is 1.15. The van der Waals surface area contributed by atoms with Gasteiger partial charge in [-0.25, -0.2) is 4.39 Å². The van der Waals surface area contributed by atoms with Crippen LogP contribution < -0.4 is 10.1 Å². The fourth-order valence-corrected chi connectivity index (χ4v) is 3.18. The molecule has 1 N–H and O–H groups in total. The van der Waals surface area contributed by atoms with Gasteiger partial charge in [0.1, 0.15) is 11.6 Å². The Balaban J connectivity index is 2.08. The molecule has 0 amide bonds. The molecule has 0 spiro atoms. The molecule has 1 heterocycles. The van der Waals surface area contributed by atoms with Crippen LogP contribution in [0.3, 0.4) is 0 Å². The number of rotatable bonds is 4. The lowest BCUT2D eigenvalue weighted by molar-refractivity contribution is 0.339. The molecule has 4 heteroatoms. The number of thioether (sulfide) groups is 1. The van der Waals surface area contributed by atoms with Crippen LogP contribution in [0.25, 0.3) is 0 Å². The lowest BCUT2D eigenvalue weighted by atomic mass is 10.2. The first kappa shape index (κ1) is 12.6. The van der Waals surface area contributed by atoms with Gasteiger partial charge in [-0.1, -0.05) is 6.92 Å². The van der Waals surface area contributed by atoms with Gasteiger partial charge in [0.25, 0.3) is 0 Å². The van der Waals surface area contributed by atoms with Crippen LogP contribution in [0.1, 0.15) is 20.3 Å². The maximum atomic E-state index is 13.1. The van der Waals surface area contributed by atoms with Crippen LogP contribution in [0.2, 0.25) is 0 Å². The standard InChI is InChI=1S/C13H18FNOS/c1-3-16-13-7-10(14)4-5-12(13)15-11-6-9(2)17-8-11/h4-5,7,9,11,15H,3,6,8H2,1-2H3. The molecule has 94 valence electrons. The summed E-state index contributed by atoms with van der Waals surface area (Å²) in [5, 5.41) is 4.14. The number of nitrogens with one attached hydrogen (secondary N) is 1. The molecule has 2 nitrogen and oxygen atoms in total. The van der Waals surface area contributed by atoms with Crippen molar-refractivity contribution in [3.05, 3.63) is 24.0 Å². The van der Waals surface area contributed by atoms with Crippen molar-refractivity contribution in [2.75, 3.05) is 17.7 Å². The number of ether oxygens (including phenoxy) is 1. The molecule has 0 bridgehead atoms. The lowest BCUT2D eigenvalue weighted by Crippen LogP contribution is -2.19. The monoisotopic (exact) mass is 255 g/mol. The molecule has 2 rings (SSSR count). The summed E-state index contributed by atoms with van der Waals surface area (Å²) in [4.78, 5) is 0. The molecule has 1 aliphatic rings. The second kappa shape index (κ2) is 5.63. The zero-order valence-electron chi connectivity index (χ0n) is 10.2. The van der Waals surface area contributed by atoms with Crippen molar-refractivity contribution < 1.29 is 9.13 Å². The van der Waals surface area contributed by atoms with Gasteiger partial charge >= 0.3 is 0 Å². The molecule has 17 heavy (non-hydrogen) atoms. The van der Waals surface area contributed by atoms with Crippen LogP contribution in [0.5, 0.6) is 5.75 Å². The van der Waals surface area contributed by atoms with Crippen molar-refractivity contribution in [1.29, 1.82) is 0 Å². The van der Waals surface area contributed by atoms with Crippen LogP contribution >= 0.6 is 11.8 Å². The summed E-state index contributed by atoms with van der Waals surface area (Å²) >= 11 is 1.97. The number of hydrogen-bond acceptors (Lipinski definition) is 3. The summed E-state index contributed by atoms with van der Waals surface area (Å²) in [5.41, 5.74) is 0.896. The molecule has 0 saturated carbocycles. The predicted molar refractivity (Wildman–Crippen MR) is 71.5 cm³/mol. The molecule has 2 unspecified atom stereocenters. The van der Waals surface area contributed by atoms with E-state index in [4.69, 9.17) is 4.74 Å². The summed E-state index contributed by atoms with van der Waals surface area (Å²) in [7, 11) is 0. The van der Waals surface area contributed by atoms with E-state index in [0.29, 0.717) is 23.6 Å². The van der Waals surface area contributed by atoms with Gasteiger partial charge in [-0.2, -0.15) is 11.8 Å². The zero-order valence-corrected chi connectivity index (χ0v) is 11.0. The van der Waals surface area contributed by atoms with Crippen molar-refractivity contribution in [2.24, 2.45) is 0 Å². The van der Waals surface area contributed by atoms with E-state index in [0.717, 1.165) is 17.9 Å². The molecule has 1 fully saturated rings. The molecule has 0 aliphatic carbocycles. The molecule has 2 atom stereocenters. The van der Waals surface area contributed by atoms with Gasteiger partial charge < -0.3 is 10.1 Å². The van der Waals surface area contributed by atoms with Crippen LogP contribution in [-0.2, 0) is 0 Å². The fourth-order valence-electron chi connectivity index (χ4n) is 2.03. The SMILES string of the molecule is CCOc1cc(F)ccc1NC1CSC(C)C1. The second-order valence-electron chi connectivity index (χ2n) is 4.29. The lowest BCUT2D eigenvalue weighted by Gasteiger charge is -2.16. The zero-order chi connectivity index (χ0) is 12.3. The minimum atomic E-state index is -0.256. The topological polar surface area (TPSA) is 21.3 Å². The van der Waals surface area contributed by atoms with Crippen LogP contribution in [0.15, 0.2) is 18.2 Å². The van der Waals surface area contributed by atoms with E-state index in [1.54, 1.807) is 6.07 Å². The van der Waals surface area contributed by atoms with E-state index in [2.05, 4.69) is 12.2 Å². The Morgan fingerprint density at radius 2 is 2.35 bits per heavy atom. The average molecular weight is 255 g/mol. The fraction of sp³-hybridized carbons (Fsp3) is 0.538. The first-order valence-corrected chi connectivity index (χ1v) is 7.04.